The van der Waals surface area contributed by atoms with Crippen molar-refractivity contribution < 1.29 is 4.79 Å². The van der Waals surface area contributed by atoms with E-state index in [0.717, 1.165) is 0 Å². The van der Waals surface area contributed by atoms with Gasteiger partial charge in [-0.3, -0.25) is 4.79 Å². The summed E-state index contributed by atoms with van der Waals surface area (Å²) in [7, 11) is 0. The monoisotopic (exact) mass is 283 g/mol. The van der Waals surface area contributed by atoms with Crippen LogP contribution in [0, 0.1) is 0 Å². The fraction of sp³-hybridized carbons (Fsp3) is 0. The Morgan fingerprint density at radius 3 is 2.53 bits per heavy atom. The standard InChI is InChI=1S/C12H7Cl2NOS/c13-11-10(17-12(14)15-11)7-6-9(16)8-4-2-1-3-5-8/h1-7H/b7-6+. The summed E-state index contributed by atoms with van der Waals surface area (Å²) in [6, 6.07) is 9.01. The molecule has 0 saturated carbocycles. The molecule has 17 heavy (non-hydrogen) atoms. The molecule has 0 fully saturated rings. The molecule has 0 amide bonds. The van der Waals surface area contributed by atoms with Gasteiger partial charge in [-0.15, -0.1) is 11.3 Å². The van der Waals surface area contributed by atoms with E-state index < -0.39 is 0 Å². The van der Waals surface area contributed by atoms with Gasteiger partial charge in [0, 0.05) is 5.56 Å². The Labute approximate surface area is 113 Å². The van der Waals surface area contributed by atoms with Gasteiger partial charge in [0.25, 0.3) is 0 Å². The molecule has 86 valence electrons. The molecule has 0 aliphatic heterocycles. The van der Waals surface area contributed by atoms with Gasteiger partial charge in [0.1, 0.15) is 5.15 Å². The third-order valence-corrected chi connectivity index (χ3v) is 3.55. The highest BCUT2D eigenvalue weighted by molar-refractivity contribution is 7.17. The van der Waals surface area contributed by atoms with Crippen LogP contribution < -0.4 is 0 Å². The molecule has 0 saturated heterocycles. The zero-order valence-corrected chi connectivity index (χ0v) is 10.9. The average molecular weight is 284 g/mol. The summed E-state index contributed by atoms with van der Waals surface area (Å²) >= 11 is 12.8. The molecule has 0 spiro atoms. The Morgan fingerprint density at radius 2 is 1.94 bits per heavy atom. The van der Waals surface area contributed by atoms with E-state index >= 15 is 0 Å². The van der Waals surface area contributed by atoms with Crippen LogP contribution in [0.4, 0.5) is 0 Å². The predicted molar refractivity (Wildman–Crippen MR) is 71.9 cm³/mol. The number of halogens is 2. The summed E-state index contributed by atoms with van der Waals surface area (Å²) in [6.45, 7) is 0. The zero-order valence-electron chi connectivity index (χ0n) is 8.56. The molecule has 0 N–H and O–H groups in total. The topological polar surface area (TPSA) is 30.0 Å². The van der Waals surface area contributed by atoms with Gasteiger partial charge in [0.05, 0.1) is 4.88 Å². The van der Waals surface area contributed by atoms with Gasteiger partial charge in [0.15, 0.2) is 10.3 Å². The lowest BCUT2D eigenvalue weighted by Gasteiger charge is -1.93. The van der Waals surface area contributed by atoms with Crippen molar-refractivity contribution in [2.45, 2.75) is 0 Å². The number of thiazole rings is 1. The highest BCUT2D eigenvalue weighted by atomic mass is 35.5. The van der Waals surface area contributed by atoms with Gasteiger partial charge >= 0.3 is 0 Å². The van der Waals surface area contributed by atoms with Crippen molar-refractivity contribution in [3.8, 4) is 0 Å². The SMILES string of the molecule is O=C(/C=C/c1sc(Cl)nc1Cl)c1ccccc1. The number of hydrogen-bond acceptors (Lipinski definition) is 3. The van der Waals surface area contributed by atoms with Crippen LogP contribution in [0.25, 0.3) is 6.08 Å². The molecule has 5 heteroatoms. The van der Waals surface area contributed by atoms with Gasteiger partial charge in [-0.2, -0.15) is 0 Å². The first-order valence-corrected chi connectivity index (χ1v) is 6.33. The Kier molecular flexibility index (Phi) is 3.94. The second-order valence-corrected chi connectivity index (χ2v) is 5.16. The summed E-state index contributed by atoms with van der Waals surface area (Å²) in [5.41, 5.74) is 0.635. The van der Waals surface area contributed by atoms with Crippen LogP contribution in [0.15, 0.2) is 36.4 Å². The van der Waals surface area contributed by atoms with Crippen molar-refractivity contribution in [2.24, 2.45) is 0 Å². The Balaban J connectivity index is 2.17. The van der Waals surface area contributed by atoms with Crippen molar-refractivity contribution in [3.63, 3.8) is 0 Å². The molecule has 2 nitrogen and oxygen atoms in total. The van der Waals surface area contributed by atoms with Crippen molar-refractivity contribution in [2.75, 3.05) is 0 Å². The van der Waals surface area contributed by atoms with Crippen LogP contribution in [-0.2, 0) is 0 Å². The summed E-state index contributed by atoms with van der Waals surface area (Å²) in [5, 5.41) is 0.317. The number of carbonyl (C=O) groups is 1. The lowest BCUT2D eigenvalue weighted by molar-refractivity contribution is 0.104. The van der Waals surface area contributed by atoms with Crippen LogP contribution in [0.1, 0.15) is 15.2 Å². The molecule has 1 aromatic carbocycles. The van der Waals surface area contributed by atoms with E-state index in [2.05, 4.69) is 4.98 Å². The first-order valence-electron chi connectivity index (χ1n) is 4.76. The Morgan fingerprint density at radius 1 is 1.24 bits per heavy atom. The molecule has 2 rings (SSSR count). The predicted octanol–water partition coefficient (Wildman–Crippen LogP) is 4.35. The third kappa shape index (κ3) is 3.16. The number of allylic oxidation sites excluding steroid dienone is 1. The number of hydrogen-bond donors (Lipinski definition) is 0. The molecule has 0 aliphatic rings. The molecule has 1 aromatic heterocycles. The zero-order chi connectivity index (χ0) is 12.3. The largest absolute Gasteiger partial charge is 0.289 e. The maximum absolute atomic E-state index is 11.8. The molecule has 0 bridgehead atoms. The quantitative estimate of drug-likeness (QED) is 0.619. The molecular formula is C12H7Cl2NOS. The molecule has 0 atom stereocenters. The number of nitrogens with zero attached hydrogens (tertiary/aromatic N) is 1. The van der Waals surface area contributed by atoms with E-state index in [1.54, 1.807) is 18.2 Å². The van der Waals surface area contributed by atoms with E-state index in [1.807, 2.05) is 18.2 Å². The highest BCUT2D eigenvalue weighted by Crippen LogP contribution is 2.27. The fourth-order valence-corrected chi connectivity index (χ4v) is 2.52. The smallest absolute Gasteiger partial charge is 0.185 e. The average Bonchev–Trinajstić information content (AvgIpc) is 2.66. The van der Waals surface area contributed by atoms with Gasteiger partial charge in [-0.25, -0.2) is 4.98 Å². The van der Waals surface area contributed by atoms with Gasteiger partial charge in [-0.05, 0) is 12.2 Å². The van der Waals surface area contributed by atoms with E-state index in [-0.39, 0.29) is 5.78 Å². The molecular weight excluding hydrogens is 277 g/mol. The number of carbonyl (C=O) groups excluding carboxylic acids is 1. The summed E-state index contributed by atoms with van der Waals surface area (Å²) in [6.07, 6.45) is 3.09. The number of benzene rings is 1. The van der Waals surface area contributed by atoms with Crippen LogP contribution in [0.3, 0.4) is 0 Å². The minimum Gasteiger partial charge on any atom is -0.289 e. The van der Waals surface area contributed by atoms with Gasteiger partial charge < -0.3 is 0 Å². The summed E-state index contributed by atoms with van der Waals surface area (Å²) in [4.78, 5) is 16.3. The lowest BCUT2D eigenvalue weighted by atomic mass is 10.1. The Hall–Kier alpha value is -1.16. The maximum atomic E-state index is 11.8. The van der Waals surface area contributed by atoms with E-state index in [4.69, 9.17) is 23.2 Å². The number of rotatable bonds is 3. The normalized spacial score (nSPS) is 10.9. The molecule has 1 heterocycles. The summed E-state index contributed by atoms with van der Waals surface area (Å²) < 4.78 is 0.363. The first-order chi connectivity index (χ1) is 8.16. The van der Waals surface area contributed by atoms with Crippen LogP contribution >= 0.6 is 34.5 Å². The minimum atomic E-state index is -0.0776. The van der Waals surface area contributed by atoms with Crippen LogP contribution in [-0.4, -0.2) is 10.8 Å². The third-order valence-electron chi connectivity index (χ3n) is 2.03. The van der Waals surface area contributed by atoms with Crippen LogP contribution in [0.5, 0.6) is 0 Å². The molecule has 2 aromatic rings. The van der Waals surface area contributed by atoms with E-state index in [9.17, 15) is 4.79 Å². The minimum absolute atomic E-state index is 0.0776. The van der Waals surface area contributed by atoms with Gasteiger partial charge in [0.2, 0.25) is 0 Å². The second-order valence-electron chi connectivity index (χ2n) is 3.19. The Bertz CT molecular complexity index is 563. The van der Waals surface area contributed by atoms with E-state index in [0.29, 0.717) is 20.1 Å². The van der Waals surface area contributed by atoms with Gasteiger partial charge in [-0.1, -0.05) is 53.5 Å². The van der Waals surface area contributed by atoms with Crippen molar-refractivity contribution in [3.05, 3.63) is 56.5 Å². The highest BCUT2D eigenvalue weighted by Gasteiger charge is 2.05. The fourth-order valence-electron chi connectivity index (χ4n) is 1.24. The van der Waals surface area contributed by atoms with Crippen LogP contribution in [0.2, 0.25) is 9.62 Å². The van der Waals surface area contributed by atoms with Crippen molar-refractivity contribution in [1.29, 1.82) is 0 Å². The first kappa shape index (κ1) is 12.3. The number of aromatic nitrogens is 1. The van der Waals surface area contributed by atoms with Crippen molar-refractivity contribution in [1.82, 2.24) is 4.98 Å². The molecule has 0 unspecified atom stereocenters. The van der Waals surface area contributed by atoms with E-state index in [1.165, 1.54) is 17.4 Å². The number of ketones is 1. The maximum Gasteiger partial charge on any atom is 0.185 e. The van der Waals surface area contributed by atoms with Crippen molar-refractivity contribution >= 4 is 46.4 Å². The lowest BCUT2D eigenvalue weighted by Crippen LogP contribution is -1.92. The summed E-state index contributed by atoms with van der Waals surface area (Å²) in [5.74, 6) is -0.0776. The molecule has 0 radical (unpaired) electrons. The molecule has 0 aliphatic carbocycles. The second kappa shape index (κ2) is 5.45.